The molecule has 0 radical (unpaired) electrons. The van der Waals surface area contributed by atoms with E-state index in [2.05, 4.69) is 20.2 Å². The maximum Gasteiger partial charge on any atom is 0.270 e. The Morgan fingerprint density at radius 3 is 2.48 bits per heavy atom. The summed E-state index contributed by atoms with van der Waals surface area (Å²) >= 11 is 12.5. The van der Waals surface area contributed by atoms with Crippen LogP contribution in [-0.2, 0) is 16.6 Å². The fraction of sp³-hybridized carbons (Fsp3) is 0.167. The first-order valence-corrected chi connectivity index (χ1v) is 11.6. The third kappa shape index (κ3) is 5.63. The molecule has 31 heavy (non-hydrogen) atoms. The zero-order valence-electron chi connectivity index (χ0n) is 16.2. The maximum absolute atomic E-state index is 12.5. The van der Waals surface area contributed by atoms with Gasteiger partial charge in [-0.2, -0.15) is 0 Å². The Kier molecular flexibility index (Phi) is 7.34. The van der Waals surface area contributed by atoms with Crippen LogP contribution in [0.1, 0.15) is 15.9 Å². The highest BCUT2D eigenvalue weighted by Gasteiger charge is 2.22. The van der Waals surface area contributed by atoms with Gasteiger partial charge in [0.25, 0.3) is 15.9 Å². The lowest BCUT2D eigenvalue weighted by Crippen LogP contribution is -2.23. The number of anilines is 1. The molecule has 0 fully saturated rings. The van der Waals surface area contributed by atoms with Crippen molar-refractivity contribution < 1.29 is 22.7 Å². The molecule has 1 heterocycles. The van der Waals surface area contributed by atoms with Crippen molar-refractivity contribution in [3.8, 4) is 11.5 Å². The van der Waals surface area contributed by atoms with Crippen molar-refractivity contribution in [1.29, 1.82) is 0 Å². The number of hydrogen-bond acceptors (Lipinski definition) is 8. The van der Waals surface area contributed by atoms with Crippen LogP contribution in [0.3, 0.4) is 0 Å². The molecular formula is C18H16Cl2N4O5S2. The van der Waals surface area contributed by atoms with Crippen LogP contribution in [0.4, 0.5) is 5.13 Å². The van der Waals surface area contributed by atoms with Crippen LogP contribution in [0, 0.1) is 0 Å². The minimum Gasteiger partial charge on any atom is -0.493 e. The number of nitrogens with one attached hydrogen (secondary N) is 2. The molecule has 13 heteroatoms. The van der Waals surface area contributed by atoms with Crippen LogP contribution in [-0.4, -0.2) is 38.7 Å². The second-order valence-corrected chi connectivity index (χ2v) is 9.73. The summed E-state index contributed by atoms with van der Waals surface area (Å²) in [5.41, 5.74) is 0.814. The Morgan fingerprint density at radius 1 is 1.06 bits per heavy atom. The van der Waals surface area contributed by atoms with Crippen molar-refractivity contribution in [2.45, 2.75) is 10.9 Å². The topological polar surface area (TPSA) is 120 Å². The first-order chi connectivity index (χ1) is 14.7. The van der Waals surface area contributed by atoms with Crippen molar-refractivity contribution >= 4 is 55.6 Å². The normalized spacial score (nSPS) is 11.2. The molecule has 0 atom stereocenters. The summed E-state index contributed by atoms with van der Waals surface area (Å²) < 4.78 is 37.6. The number of ether oxygens (including phenoxy) is 2. The van der Waals surface area contributed by atoms with Gasteiger partial charge in [0.05, 0.1) is 24.8 Å². The second kappa shape index (κ2) is 9.79. The lowest BCUT2D eigenvalue weighted by molar-refractivity contribution is 0.102. The van der Waals surface area contributed by atoms with Gasteiger partial charge in [0.2, 0.25) is 9.47 Å². The standard InChI is InChI=1S/C18H16Cl2N4O5S2/c1-28-14-6-3-10(7-15(14)29-2)9-21-31(26,27)18-24-23-17(30-18)22-16(25)12-5-4-11(19)8-13(12)20/h3-8,21H,9H2,1-2H3,(H,22,23,25). The average Bonchev–Trinajstić information content (AvgIpc) is 3.21. The number of amides is 1. The van der Waals surface area contributed by atoms with Crippen LogP contribution in [0.25, 0.3) is 0 Å². The molecule has 0 unspecified atom stereocenters. The Morgan fingerprint density at radius 2 is 1.81 bits per heavy atom. The molecule has 9 nitrogen and oxygen atoms in total. The van der Waals surface area contributed by atoms with Gasteiger partial charge in [0.1, 0.15) is 0 Å². The molecule has 0 bridgehead atoms. The molecule has 0 saturated carbocycles. The molecule has 0 saturated heterocycles. The van der Waals surface area contributed by atoms with Gasteiger partial charge >= 0.3 is 0 Å². The summed E-state index contributed by atoms with van der Waals surface area (Å²) in [6.07, 6.45) is 0. The second-order valence-electron chi connectivity index (χ2n) is 5.97. The number of nitrogens with zero attached hydrogens (tertiary/aromatic N) is 2. The number of aromatic nitrogens is 2. The number of benzene rings is 2. The Hall–Kier alpha value is -2.44. The van der Waals surface area contributed by atoms with Crippen LogP contribution in [0.5, 0.6) is 11.5 Å². The molecule has 1 aromatic heterocycles. The third-order valence-corrected chi connectivity index (χ3v) is 7.10. The molecule has 164 valence electrons. The van der Waals surface area contributed by atoms with Gasteiger partial charge in [-0.05, 0) is 35.9 Å². The zero-order valence-corrected chi connectivity index (χ0v) is 19.3. The van der Waals surface area contributed by atoms with Gasteiger partial charge in [-0.25, -0.2) is 13.1 Å². The molecule has 2 aromatic carbocycles. The number of sulfonamides is 1. The third-order valence-electron chi connectivity index (χ3n) is 3.95. The van der Waals surface area contributed by atoms with Gasteiger partial charge in [-0.3, -0.25) is 10.1 Å². The minimum absolute atomic E-state index is 0.00232. The molecule has 0 aliphatic rings. The quantitative estimate of drug-likeness (QED) is 0.451. The molecule has 0 aliphatic carbocycles. The molecule has 0 aliphatic heterocycles. The molecule has 0 spiro atoms. The number of hydrogen-bond donors (Lipinski definition) is 2. The summed E-state index contributed by atoms with van der Waals surface area (Å²) in [4.78, 5) is 12.3. The van der Waals surface area contributed by atoms with Crippen molar-refractivity contribution in [3.05, 3.63) is 57.6 Å². The largest absolute Gasteiger partial charge is 0.493 e. The van der Waals surface area contributed by atoms with Gasteiger partial charge in [-0.15, -0.1) is 10.2 Å². The number of carbonyl (C=O) groups is 1. The first kappa shape index (κ1) is 23.2. The van der Waals surface area contributed by atoms with Gasteiger partial charge in [0, 0.05) is 11.6 Å². The SMILES string of the molecule is COc1ccc(CNS(=O)(=O)c2nnc(NC(=O)c3ccc(Cl)cc3Cl)s2)cc1OC. The molecule has 2 N–H and O–H groups in total. The van der Waals surface area contributed by atoms with E-state index in [4.69, 9.17) is 32.7 Å². The lowest BCUT2D eigenvalue weighted by Gasteiger charge is -2.10. The van der Waals surface area contributed by atoms with Crippen molar-refractivity contribution in [3.63, 3.8) is 0 Å². The molecule has 3 aromatic rings. The molecular weight excluding hydrogens is 487 g/mol. The Bertz CT molecular complexity index is 1220. The van der Waals surface area contributed by atoms with E-state index in [1.807, 2.05) is 0 Å². The van der Waals surface area contributed by atoms with Gasteiger partial charge < -0.3 is 9.47 Å². The van der Waals surface area contributed by atoms with E-state index in [1.54, 1.807) is 18.2 Å². The monoisotopic (exact) mass is 502 g/mol. The minimum atomic E-state index is -3.96. The number of halogens is 2. The first-order valence-electron chi connectivity index (χ1n) is 8.54. The summed E-state index contributed by atoms with van der Waals surface area (Å²) in [6.45, 7) is -0.00958. The van der Waals surface area contributed by atoms with E-state index in [0.717, 1.165) is 0 Å². The fourth-order valence-corrected chi connectivity index (χ4v) is 4.89. The highest BCUT2D eigenvalue weighted by atomic mass is 35.5. The van der Waals surface area contributed by atoms with E-state index in [0.29, 0.717) is 33.4 Å². The van der Waals surface area contributed by atoms with Crippen molar-refractivity contribution in [2.75, 3.05) is 19.5 Å². The molecule has 1 amide bonds. The predicted molar refractivity (Wildman–Crippen MR) is 118 cm³/mol. The highest BCUT2D eigenvalue weighted by Crippen LogP contribution is 2.28. The number of carbonyl (C=O) groups excluding carboxylic acids is 1. The van der Waals surface area contributed by atoms with Gasteiger partial charge in [-0.1, -0.05) is 40.6 Å². The summed E-state index contributed by atoms with van der Waals surface area (Å²) in [7, 11) is -0.966. The fourth-order valence-electron chi connectivity index (χ4n) is 2.44. The summed E-state index contributed by atoms with van der Waals surface area (Å²) in [6, 6.07) is 9.41. The summed E-state index contributed by atoms with van der Waals surface area (Å²) in [5, 5.41) is 10.4. The summed E-state index contributed by atoms with van der Waals surface area (Å²) in [5.74, 6) is 0.431. The van der Waals surface area contributed by atoms with Crippen molar-refractivity contribution in [1.82, 2.24) is 14.9 Å². The van der Waals surface area contributed by atoms with Crippen LogP contribution >= 0.6 is 34.5 Å². The van der Waals surface area contributed by atoms with Gasteiger partial charge in [0.15, 0.2) is 11.5 Å². The highest BCUT2D eigenvalue weighted by molar-refractivity contribution is 7.91. The zero-order chi connectivity index (χ0) is 22.6. The van der Waals surface area contributed by atoms with Crippen LogP contribution in [0.2, 0.25) is 10.0 Å². The number of methoxy groups -OCH3 is 2. The smallest absolute Gasteiger partial charge is 0.270 e. The Balaban J connectivity index is 1.68. The van der Waals surface area contributed by atoms with E-state index in [9.17, 15) is 13.2 Å². The van der Waals surface area contributed by atoms with Crippen molar-refractivity contribution in [2.24, 2.45) is 0 Å². The van der Waals surface area contributed by atoms with Crippen LogP contribution in [0.15, 0.2) is 40.7 Å². The maximum atomic E-state index is 12.5. The Labute approximate surface area is 192 Å². The van der Waals surface area contributed by atoms with Crippen LogP contribution < -0.4 is 19.5 Å². The molecule has 3 rings (SSSR count). The van der Waals surface area contributed by atoms with E-state index >= 15 is 0 Å². The lowest BCUT2D eigenvalue weighted by atomic mass is 10.2. The average molecular weight is 503 g/mol. The predicted octanol–water partition coefficient (Wildman–Crippen LogP) is 3.59. The number of rotatable bonds is 8. The van der Waals surface area contributed by atoms with E-state index in [-0.39, 0.29) is 26.6 Å². The van der Waals surface area contributed by atoms with E-state index in [1.165, 1.54) is 32.4 Å². The van der Waals surface area contributed by atoms with E-state index < -0.39 is 15.9 Å².